The summed E-state index contributed by atoms with van der Waals surface area (Å²) in [6.07, 6.45) is 0.834. The second-order valence-electron chi connectivity index (χ2n) is 8.66. The zero-order valence-corrected chi connectivity index (χ0v) is 20.2. The summed E-state index contributed by atoms with van der Waals surface area (Å²) in [6, 6.07) is 24.1. The largest absolute Gasteiger partial charge is 0.346 e. The van der Waals surface area contributed by atoms with Crippen molar-refractivity contribution in [1.29, 1.82) is 0 Å². The minimum Gasteiger partial charge on any atom is -0.346 e. The van der Waals surface area contributed by atoms with Gasteiger partial charge in [-0.05, 0) is 61.6 Å². The molecule has 5 heteroatoms. The normalized spacial score (nSPS) is 16.6. The van der Waals surface area contributed by atoms with Crippen molar-refractivity contribution in [2.75, 3.05) is 12.3 Å². The van der Waals surface area contributed by atoms with E-state index in [1.165, 1.54) is 16.7 Å². The summed E-state index contributed by atoms with van der Waals surface area (Å²) in [4.78, 5) is 27.3. The zero-order chi connectivity index (χ0) is 23.4. The Morgan fingerprint density at radius 2 is 1.79 bits per heavy atom. The molecule has 1 saturated heterocycles. The molecule has 1 heterocycles. The number of aryl methyl sites for hydroxylation is 2. The lowest BCUT2D eigenvalue weighted by Gasteiger charge is -2.24. The first-order chi connectivity index (χ1) is 15.9. The number of benzene rings is 3. The van der Waals surface area contributed by atoms with Crippen LogP contribution in [0.15, 0.2) is 72.8 Å². The SMILES string of the molecule is Cc1ccc([C@@H](C)NC(=O)c2ccc([C@H]3SCC(=O)N3CCc3ccccc3)cc2)c(C)c1. The van der Waals surface area contributed by atoms with E-state index in [1.54, 1.807) is 11.8 Å². The number of amides is 2. The topological polar surface area (TPSA) is 49.4 Å². The van der Waals surface area contributed by atoms with Crippen LogP contribution in [-0.4, -0.2) is 29.0 Å². The van der Waals surface area contributed by atoms with E-state index < -0.39 is 0 Å². The summed E-state index contributed by atoms with van der Waals surface area (Å²) in [7, 11) is 0. The second kappa shape index (κ2) is 10.3. The molecule has 3 aromatic carbocycles. The van der Waals surface area contributed by atoms with Crippen LogP contribution in [-0.2, 0) is 11.2 Å². The molecular formula is C28H30N2O2S. The third kappa shape index (κ3) is 5.48. The molecule has 170 valence electrons. The summed E-state index contributed by atoms with van der Waals surface area (Å²) >= 11 is 1.65. The van der Waals surface area contributed by atoms with E-state index in [9.17, 15) is 9.59 Å². The van der Waals surface area contributed by atoms with Gasteiger partial charge in [-0.3, -0.25) is 9.59 Å². The monoisotopic (exact) mass is 458 g/mol. The summed E-state index contributed by atoms with van der Waals surface area (Å²) < 4.78 is 0. The van der Waals surface area contributed by atoms with Gasteiger partial charge in [0.15, 0.2) is 0 Å². The summed E-state index contributed by atoms with van der Waals surface area (Å²) in [5.41, 5.74) is 6.42. The van der Waals surface area contributed by atoms with Gasteiger partial charge in [-0.2, -0.15) is 0 Å². The van der Waals surface area contributed by atoms with Crippen molar-refractivity contribution in [3.05, 3.63) is 106 Å². The smallest absolute Gasteiger partial charge is 0.251 e. The fourth-order valence-electron chi connectivity index (χ4n) is 4.33. The molecular weight excluding hydrogens is 428 g/mol. The Labute approximate surface area is 200 Å². The van der Waals surface area contributed by atoms with Gasteiger partial charge in [0, 0.05) is 12.1 Å². The fourth-order valence-corrected chi connectivity index (χ4v) is 5.55. The molecule has 0 saturated carbocycles. The summed E-state index contributed by atoms with van der Waals surface area (Å²) in [6.45, 7) is 6.84. The number of rotatable bonds is 7. The minimum absolute atomic E-state index is 0.00699. The van der Waals surface area contributed by atoms with Crippen LogP contribution in [0.1, 0.15) is 56.5 Å². The maximum Gasteiger partial charge on any atom is 0.251 e. The molecule has 2 atom stereocenters. The van der Waals surface area contributed by atoms with Crippen molar-refractivity contribution in [3.63, 3.8) is 0 Å². The number of nitrogens with zero attached hydrogens (tertiary/aromatic N) is 1. The number of carbonyl (C=O) groups is 2. The van der Waals surface area contributed by atoms with Gasteiger partial charge < -0.3 is 10.2 Å². The average molecular weight is 459 g/mol. The van der Waals surface area contributed by atoms with E-state index in [0.29, 0.717) is 17.9 Å². The Hall–Kier alpha value is -3.05. The molecule has 1 aliphatic heterocycles. The van der Waals surface area contributed by atoms with Crippen molar-refractivity contribution < 1.29 is 9.59 Å². The maximum atomic E-state index is 12.8. The van der Waals surface area contributed by atoms with Gasteiger partial charge in [0.1, 0.15) is 5.37 Å². The lowest BCUT2D eigenvalue weighted by molar-refractivity contribution is -0.128. The maximum absolute atomic E-state index is 12.8. The van der Waals surface area contributed by atoms with E-state index in [2.05, 4.69) is 49.5 Å². The van der Waals surface area contributed by atoms with Crippen LogP contribution in [0.3, 0.4) is 0 Å². The molecule has 1 N–H and O–H groups in total. The molecule has 33 heavy (non-hydrogen) atoms. The number of hydrogen-bond acceptors (Lipinski definition) is 3. The van der Waals surface area contributed by atoms with Gasteiger partial charge in [0.05, 0.1) is 11.8 Å². The molecule has 0 radical (unpaired) electrons. The Balaban J connectivity index is 1.41. The summed E-state index contributed by atoms with van der Waals surface area (Å²) in [5, 5.41) is 3.10. The first-order valence-corrected chi connectivity index (χ1v) is 12.4. The molecule has 4 nitrogen and oxygen atoms in total. The first-order valence-electron chi connectivity index (χ1n) is 11.4. The molecule has 1 aliphatic rings. The van der Waals surface area contributed by atoms with E-state index in [4.69, 9.17) is 0 Å². The van der Waals surface area contributed by atoms with Crippen LogP contribution in [0.4, 0.5) is 0 Å². The van der Waals surface area contributed by atoms with Gasteiger partial charge in [0.2, 0.25) is 5.91 Å². The molecule has 3 aromatic rings. The third-order valence-corrected chi connectivity index (χ3v) is 7.41. The predicted octanol–water partition coefficient (Wildman–Crippen LogP) is 5.61. The Morgan fingerprint density at radius 3 is 2.48 bits per heavy atom. The highest BCUT2D eigenvalue weighted by Crippen LogP contribution is 2.38. The van der Waals surface area contributed by atoms with Gasteiger partial charge in [-0.15, -0.1) is 11.8 Å². The molecule has 4 rings (SSSR count). The van der Waals surface area contributed by atoms with E-state index in [1.807, 2.05) is 54.3 Å². The minimum atomic E-state index is -0.0925. The quantitative estimate of drug-likeness (QED) is 0.501. The Bertz CT molecular complexity index is 1130. The van der Waals surface area contributed by atoms with Crippen LogP contribution in [0.5, 0.6) is 0 Å². The van der Waals surface area contributed by atoms with Gasteiger partial charge in [0.25, 0.3) is 5.91 Å². The van der Waals surface area contributed by atoms with E-state index in [-0.39, 0.29) is 23.2 Å². The molecule has 1 fully saturated rings. The standard InChI is InChI=1S/C28H30N2O2S/c1-19-9-14-25(20(2)17-19)21(3)29-27(32)23-10-12-24(13-11-23)28-30(26(31)18-33-28)16-15-22-7-5-4-6-8-22/h4-14,17,21,28H,15-16,18H2,1-3H3,(H,29,32)/t21-,28-/m1/s1. The molecule has 2 amide bonds. The molecule has 0 aromatic heterocycles. The van der Waals surface area contributed by atoms with Crippen LogP contribution in [0, 0.1) is 13.8 Å². The van der Waals surface area contributed by atoms with Crippen molar-refractivity contribution in [3.8, 4) is 0 Å². The lowest BCUT2D eigenvalue weighted by atomic mass is 10.00. The highest BCUT2D eigenvalue weighted by Gasteiger charge is 2.32. The summed E-state index contributed by atoms with van der Waals surface area (Å²) in [5.74, 6) is 0.574. The van der Waals surface area contributed by atoms with Crippen molar-refractivity contribution >= 4 is 23.6 Å². The fraction of sp³-hybridized carbons (Fsp3) is 0.286. The Morgan fingerprint density at radius 1 is 1.06 bits per heavy atom. The van der Waals surface area contributed by atoms with E-state index in [0.717, 1.165) is 17.5 Å². The van der Waals surface area contributed by atoms with Crippen molar-refractivity contribution in [2.45, 2.75) is 38.6 Å². The third-order valence-electron chi connectivity index (χ3n) is 6.15. The molecule has 0 spiro atoms. The predicted molar refractivity (Wildman–Crippen MR) is 135 cm³/mol. The number of nitrogens with one attached hydrogen (secondary N) is 1. The first kappa shape index (κ1) is 23.1. The van der Waals surface area contributed by atoms with Crippen molar-refractivity contribution in [1.82, 2.24) is 10.2 Å². The lowest BCUT2D eigenvalue weighted by Crippen LogP contribution is -2.30. The van der Waals surface area contributed by atoms with Gasteiger partial charge in [-0.1, -0.05) is 66.2 Å². The van der Waals surface area contributed by atoms with Crippen LogP contribution < -0.4 is 5.32 Å². The van der Waals surface area contributed by atoms with Gasteiger partial charge in [-0.25, -0.2) is 0 Å². The Kier molecular flexibility index (Phi) is 7.19. The highest BCUT2D eigenvalue weighted by atomic mass is 32.2. The molecule has 0 unspecified atom stereocenters. The van der Waals surface area contributed by atoms with Crippen molar-refractivity contribution in [2.24, 2.45) is 0 Å². The molecule has 0 aliphatic carbocycles. The average Bonchev–Trinajstić information content (AvgIpc) is 3.18. The van der Waals surface area contributed by atoms with Crippen LogP contribution in [0.2, 0.25) is 0 Å². The van der Waals surface area contributed by atoms with Crippen LogP contribution in [0.25, 0.3) is 0 Å². The number of hydrogen-bond donors (Lipinski definition) is 1. The number of thioether (sulfide) groups is 1. The highest BCUT2D eigenvalue weighted by molar-refractivity contribution is 8.00. The molecule has 0 bridgehead atoms. The van der Waals surface area contributed by atoms with E-state index >= 15 is 0 Å². The zero-order valence-electron chi connectivity index (χ0n) is 19.4. The number of carbonyl (C=O) groups excluding carboxylic acids is 2. The second-order valence-corrected chi connectivity index (χ2v) is 9.73. The van der Waals surface area contributed by atoms with Gasteiger partial charge >= 0.3 is 0 Å². The van der Waals surface area contributed by atoms with Crippen LogP contribution >= 0.6 is 11.8 Å².